The molecule has 0 saturated heterocycles. The molecular weight excluding hydrogens is 757 g/mol. The van der Waals surface area contributed by atoms with Gasteiger partial charge in [0.15, 0.2) is 0 Å². The fraction of sp³-hybridized carbons (Fsp3) is 0. The molecule has 276 valence electrons. The van der Waals surface area contributed by atoms with E-state index in [0.29, 0.717) is 0 Å². The summed E-state index contributed by atoms with van der Waals surface area (Å²) >= 11 is 3.71. The number of benzene rings is 10. The van der Waals surface area contributed by atoms with Crippen molar-refractivity contribution in [2.75, 3.05) is 9.80 Å². The van der Waals surface area contributed by atoms with Gasteiger partial charge in [0.25, 0.3) is 0 Å². The molecule has 0 saturated carbocycles. The van der Waals surface area contributed by atoms with Gasteiger partial charge in [-0.3, -0.25) is 0 Å². The second-order valence-electron chi connectivity index (χ2n) is 15.2. The maximum Gasteiger partial charge on any atom is 0.138 e. The number of hydrogen-bond acceptors (Lipinski definition) is 5. The number of anilines is 6. The Morgan fingerprint density at radius 3 is 1.56 bits per heavy atom. The summed E-state index contributed by atoms with van der Waals surface area (Å²) in [7, 11) is 0. The van der Waals surface area contributed by atoms with E-state index in [9.17, 15) is 0 Å². The average molecular weight is 789 g/mol. The molecule has 1 aliphatic heterocycles. The van der Waals surface area contributed by atoms with Crippen LogP contribution in [0.4, 0.5) is 34.1 Å². The molecule has 5 heteroatoms. The lowest BCUT2D eigenvalue weighted by Crippen LogP contribution is -2.11. The van der Waals surface area contributed by atoms with Crippen molar-refractivity contribution >= 4 is 129 Å². The Morgan fingerprint density at radius 1 is 0.322 bits per heavy atom. The highest BCUT2D eigenvalue weighted by Gasteiger charge is 2.27. The number of thiophene rings is 2. The molecule has 59 heavy (non-hydrogen) atoms. The van der Waals surface area contributed by atoms with Crippen molar-refractivity contribution in [3.8, 4) is 11.5 Å². The summed E-state index contributed by atoms with van der Waals surface area (Å²) in [5.74, 6) is 1.74. The topological polar surface area (TPSA) is 15.7 Å². The van der Waals surface area contributed by atoms with Crippen molar-refractivity contribution in [2.45, 2.75) is 0 Å². The molecular formula is C54H32N2OS2. The Labute approximate surface area is 347 Å². The summed E-state index contributed by atoms with van der Waals surface area (Å²) in [6.07, 6.45) is 0. The summed E-state index contributed by atoms with van der Waals surface area (Å²) in [4.78, 5) is 4.83. The average Bonchev–Trinajstić information content (AvgIpc) is 3.87. The molecule has 12 aromatic rings. The van der Waals surface area contributed by atoms with Crippen molar-refractivity contribution in [3.63, 3.8) is 0 Å². The zero-order chi connectivity index (χ0) is 38.6. The van der Waals surface area contributed by atoms with Crippen LogP contribution >= 0.6 is 22.7 Å². The summed E-state index contributed by atoms with van der Waals surface area (Å²) < 4.78 is 12.2. The van der Waals surface area contributed by atoms with E-state index < -0.39 is 0 Å². The van der Waals surface area contributed by atoms with Crippen LogP contribution in [-0.2, 0) is 0 Å². The molecule has 3 heterocycles. The van der Waals surface area contributed by atoms with Crippen LogP contribution < -0.4 is 14.5 Å². The molecule has 0 N–H and O–H groups in total. The minimum atomic E-state index is 0.871. The van der Waals surface area contributed by atoms with E-state index in [0.717, 1.165) is 61.5 Å². The molecule has 3 nitrogen and oxygen atoms in total. The third-order valence-corrected chi connectivity index (χ3v) is 14.4. The lowest BCUT2D eigenvalue weighted by Gasteiger charge is -2.30. The molecule has 10 aromatic carbocycles. The molecule has 0 aliphatic carbocycles. The minimum Gasteiger partial charge on any atom is -0.456 e. The molecule has 0 spiro atoms. The van der Waals surface area contributed by atoms with E-state index in [1.54, 1.807) is 0 Å². The van der Waals surface area contributed by atoms with Crippen LogP contribution in [0, 0.1) is 0 Å². The van der Waals surface area contributed by atoms with E-state index in [2.05, 4.69) is 204 Å². The first kappa shape index (κ1) is 32.9. The fourth-order valence-electron chi connectivity index (χ4n) is 9.44. The summed E-state index contributed by atoms with van der Waals surface area (Å²) in [5.41, 5.74) is 6.71. The Morgan fingerprint density at radius 2 is 0.881 bits per heavy atom. The lowest BCUT2D eigenvalue weighted by atomic mass is 9.92. The Kier molecular flexibility index (Phi) is 7.05. The van der Waals surface area contributed by atoms with Gasteiger partial charge in [0.1, 0.15) is 11.5 Å². The van der Waals surface area contributed by atoms with Crippen molar-refractivity contribution in [3.05, 3.63) is 194 Å². The lowest BCUT2D eigenvalue weighted by molar-refractivity contribution is 0.493. The molecule has 1 aliphatic rings. The predicted octanol–water partition coefficient (Wildman–Crippen LogP) is 16.9. The van der Waals surface area contributed by atoms with Gasteiger partial charge >= 0.3 is 0 Å². The normalized spacial score (nSPS) is 12.2. The number of rotatable bonds is 6. The van der Waals surface area contributed by atoms with Gasteiger partial charge in [-0.05, 0) is 77.5 Å². The number of para-hydroxylation sites is 2. The van der Waals surface area contributed by atoms with E-state index in [1.807, 2.05) is 22.7 Å². The Hall–Kier alpha value is -7.18. The number of ether oxygens (including phenoxy) is 1. The van der Waals surface area contributed by atoms with Crippen molar-refractivity contribution in [1.29, 1.82) is 0 Å². The van der Waals surface area contributed by atoms with Gasteiger partial charge in [-0.2, -0.15) is 0 Å². The van der Waals surface area contributed by atoms with Gasteiger partial charge in [-0.1, -0.05) is 121 Å². The first-order valence-electron chi connectivity index (χ1n) is 19.9. The van der Waals surface area contributed by atoms with Crippen LogP contribution in [0.15, 0.2) is 194 Å². The number of hydrogen-bond donors (Lipinski definition) is 0. The van der Waals surface area contributed by atoms with Gasteiger partial charge < -0.3 is 14.5 Å². The molecule has 0 bridgehead atoms. The monoisotopic (exact) mass is 788 g/mol. The predicted molar refractivity (Wildman–Crippen MR) is 254 cm³/mol. The van der Waals surface area contributed by atoms with Crippen molar-refractivity contribution in [1.82, 2.24) is 0 Å². The fourth-order valence-corrected chi connectivity index (χ4v) is 11.9. The van der Waals surface area contributed by atoms with E-state index in [4.69, 9.17) is 4.74 Å². The highest BCUT2D eigenvalue weighted by Crippen LogP contribution is 2.54. The zero-order valence-corrected chi connectivity index (χ0v) is 33.2. The first-order chi connectivity index (χ1) is 29.3. The van der Waals surface area contributed by atoms with Crippen LogP contribution in [0.25, 0.3) is 72.7 Å². The van der Waals surface area contributed by atoms with Gasteiger partial charge in [0.2, 0.25) is 0 Å². The van der Waals surface area contributed by atoms with Gasteiger partial charge in [0, 0.05) is 69.9 Å². The molecule has 2 aromatic heterocycles. The van der Waals surface area contributed by atoms with Crippen molar-refractivity contribution in [2.24, 2.45) is 0 Å². The summed E-state index contributed by atoms with van der Waals surface area (Å²) in [6, 6.07) is 70.5. The van der Waals surface area contributed by atoms with Crippen LogP contribution in [0.3, 0.4) is 0 Å². The van der Waals surface area contributed by atoms with Crippen LogP contribution in [0.5, 0.6) is 11.5 Å². The highest BCUT2D eigenvalue weighted by atomic mass is 32.1. The van der Waals surface area contributed by atoms with E-state index in [-0.39, 0.29) is 0 Å². The largest absolute Gasteiger partial charge is 0.456 e. The van der Waals surface area contributed by atoms with Gasteiger partial charge in [-0.25, -0.2) is 0 Å². The SMILES string of the molecule is c1ccc(N(c2cc3c4c(ccc5ccc6c(N(c7ccccc7)c7cccc8c7sc7ccccc78)ccc(c6c54)O3)c2)c2cccc3c2sc2ccccc23)cc1. The summed E-state index contributed by atoms with van der Waals surface area (Å²) in [5, 5.41) is 12.2. The highest BCUT2D eigenvalue weighted by molar-refractivity contribution is 7.26. The van der Waals surface area contributed by atoms with E-state index >= 15 is 0 Å². The molecule has 0 amide bonds. The molecule has 0 fully saturated rings. The second kappa shape index (κ2) is 12.7. The quantitative estimate of drug-likeness (QED) is 0.156. The molecule has 0 unspecified atom stereocenters. The summed E-state index contributed by atoms with van der Waals surface area (Å²) in [6.45, 7) is 0. The molecule has 13 rings (SSSR count). The Bertz CT molecular complexity index is 3670. The second-order valence-corrected chi connectivity index (χ2v) is 17.3. The first-order valence-corrected chi connectivity index (χ1v) is 21.6. The maximum absolute atomic E-state index is 7.10. The smallest absolute Gasteiger partial charge is 0.138 e. The van der Waals surface area contributed by atoms with Gasteiger partial charge in [-0.15, -0.1) is 22.7 Å². The van der Waals surface area contributed by atoms with Crippen LogP contribution in [-0.4, -0.2) is 0 Å². The molecule has 0 radical (unpaired) electrons. The third kappa shape index (κ3) is 4.86. The van der Waals surface area contributed by atoms with Gasteiger partial charge in [0.05, 0.1) is 32.1 Å². The minimum absolute atomic E-state index is 0.871. The Balaban J connectivity index is 1.05. The number of fused-ring (bicyclic) bond motifs is 6. The van der Waals surface area contributed by atoms with Crippen LogP contribution in [0.1, 0.15) is 0 Å². The molecule has 0 atom stereocenters. The maximum atomic E-state index is 7.10. The van der Waals surface area contributed by atoms with Crippen LogP contribution in [0.2, 0.25) is 0 Å². The standard InChI is InChI=1S/C54H32N2OS2/c1-3-13-35(14-4-1)55(44-21-11-19-40-38-17-7-9-23-48(38)58-53(40)44)37-31-34-26-25-33-27-28-42-43(29-30-46-52(42)51(33)50(34)47(32-37)57-46)56(36-15-5-2-6-16-36)45-22-12-20-41-39-18-8-10-24-49(39)59-54(41)45/h1-32H. The number of nitrogens with zero attached hydrogens (tertiary/aromatic N) is 2. The van der Waals surface area contributed by atoms with Crippen molar-refractivity contribution < 1.29 is 4.74 Å². The third-order valence-electron chi connectivity index (χ3n) is 12.0. The zero-order valence-electron chi connectivity index (χ0n) is 31.6. The van der Waals surface area contributed by atoms with E-state index in [1.165, 1.54) is 56.8 Å².